The van der Waals surface area contributed by atoms with Crippen LogP contribution in [0.1, 0.15) is 161 Å². The molecular weight excluding hydrogens is 1300 g/mol. The summed E-state index contributed by atoms with van der Waals surface area (Å²) in [7, 11) is 0. The Kier molecular flexibility index (Phi) is 12.8. The highest BCUT2D eigenvalue weighted by atomic mass is 14.5. The molecule has 0 amide bonds. The number of hydrogen-bond acceptors (Lipinski definition) is 0. The molecule has 0 radical (unpaired) electrons. The standard InChI is InChI=1S/C108H86/c1-103(2)91-31-19-13-25-67(91)73-43-37-61(49-97(73)103)79-55-85-86(56-80(79)62-38-44-74-68-26-14-20-32-92(68)104(3,4)98(74)50-62)88-58-82(64-40-46-76-70-28-16-22-34-94(70)106(7,8)100(76)52-64)84(66-42-48-78-72-30-18-24-36-96(72)108(11,12)102(78)54-66)60-90(88)89-59-83(65-41-47-77-71-29-17-23-35-95(71)107(9,10)101(77)53-65)81(57-87(85)89)63-39-45-75-69-27-15-21-33-93(69)105(5,6)99(75)51-63/h13-60,73,97H,1-12H3. The van der Waals surface area contributed by atoms with Gasteiger partial charge in [0.05, 0.1) is 0 Å². The van der Waals surface area contributed by atoms with Crippen molar-refractivity contribution in [1.82, 2.24) is 0 Å². The van der Waals surface area contributed by atoms with Crippen LogP contribution in [0.2, 0.25) is 0 Å². The van der Waals surface area contributed by atoms with Gasteiger partial charge in [-0.3, -0.25) is 0 Å². The monoisotopic (exact) mass is 1380 g/mol. The third kappa shape index (κ3) is 8.47. The SMILES string of the molecule is CC1(C)c2ccccc2-c2ccc(-c3cc4c(cc3C3=CC5C(C=C3)c3ccccc3C5(C)C)c3cc(-c5ccc6c(c5)C(C)(C)c5ccccc5-6)c(-c5ccc6c(c5)C(C)(C)c5ccccc5-6)cc3c3cc(-c5ccc6c(c5)C(C)(C)c5ccccc5-6)c(-c5ccc6c(c5)C(C)(C)c5ccccc5-6)cc43)cc21. The van der Waals surface area contributed by atoms with E-state index >= 15 is 0 Å². The normalized spacial score (nSPS) is 18.3. The summed E-state index contributed by atoms with van der Waals surface area (Å²) in [6.07, 6.45) is 7.73. The second-order valence-electron chi connectivity index (χ2n) is 35.8. The maximum absolute atomic E-state index is 2.68. The summed E-state index contributed by atoms with van der Waals surface area (Å²) < 4.78 is 0. The molecule has 108 heavy (non-hydrogen) atoms. The Morgan fingerprint density at radius 2 is 0.435 bits per heavy atom. The van der Waals surface area contributed by atoms with Crippen LogP contribution in [-0.2, 0) is 32.5 Å². The van der Waals surface area contributed by atoms with Gasteiger partial charge in [-0.1, -0.05) is 308 Å². The maximum Gasteiger partial charge on any atom is 0.0159 e. The molecule has 0 heteroatoms. The van der Waals surface area contributed by atoms with Crippen LogP contribution in [-0.4, -0.2) is 0 Å². The van der Waals surface area contributed by atoms with E-state index in [1.54, 1.807) is 0 Å². The number of hydrogen-bond donors (Lipinski definition) is 0. The van der Waals surface area contributed by atoms with Crippen molar-refractivity contribution >= 4 is 37.9 Å². The van der Waals surface area contributed by atoms with Gasteiger partial charge in [0, 0.05) is 33.0 Å². The van der Waals surface area contributed by atoms with Gasteiger partial charge in [-0.25, -0.2) is 0 Å². The second-order valence-corrected chi connectivity index (χ2v) is 35.8. The largest absolute Gasteiger partial charge is 0.0758 e. The van der Waals surface area contributed by atoms with Gasteiger partial charge in [0.2, 0.25) is 0 Å². The van der Waals surface area contributed by atoms with Crippen molar-refractivity contribution in [2.24, 2.45) is 5.92 Å². The predicted molar refractivity (Wildman–Crippen MR) is 457 cm³/mol. The Morgan fingerprint density at radius 3 is 0.722 bits per heavy atom. The molecule has 518 valence electrons. The summed E-state index contributed by atoms with van der Waals surface area (Å²) in [5.74, 6) is 0.552. The van der Waals surface area contributed by atoms with Crippen LogP contribution in [0.15, 0.2) is 291 Å². The highest BCUT2D eigenvalue weighted by molar-refractivity contribution is 6.29. The molecule has 15 aromatic carbocycles. The van der Waals surface area contributed by atoms with Crippen molar-refractivity contribution in [2.75, 3.05) is 0 Å². The zero-order valence-electron chi connectivity index (χ0n) is 63.9. The first-order valence-corrected chi connectivity index (χ1v) is 39.4. The molecule has 0 fully saturated rings. The summed E-state index contributed by atoms with van der Waals surface area (Å²) in [6, 6.07) is 108. The lowest BCUT2D eigenvalue weighted by atomic mass is 9.72. The predicted octanol–water partition coefficient (Wildman–Crippen LogP) is 28.7. The van der Waals surface area contributed by atoms with Crippen LogP contribution in [0.25, 0.3) is 149 Å². The molecule has 0 nitrogen and oxygen atoms in total. The van der Waals surface area contributed by atoms with E-state index in [-0.39, 0.29) is 44.3 Å². The minimum Gasteiger partial charge on any atom is -0.0758 e. The van der Waals surface area contributed by atoms with Crippen LogP contribution in [0.3, 0.4) is 0 Å². The number of benzene rings is 15. The first kappa shape index (κ1) is 63.8. The molecular formula is C108H86. The number of fused-ring (bicyclic) bond motifs is 24. The van der Waals surface area contributed by atoms with Gasteiger partial charge in [0.25, 0.3) is 0 Å². The molecule has 22 rings (SSSR count). The fourth-order valence-corrected chi connectivity index (χ4v) is 22.3. The fraction of sp³-hybridized carbons (Fsp3) is 0.185. The van der Waals surface area contributed by atoms with Crippen molar-refractivity contribution in [1.29, 1.82) is 0 Å². The van der Waals surface area contributed by atoms with E-state index in [2.05, 4.69) is 374 Å². The average molecular weight is 1380 g/mol. The first-order chi connectivity index (χ1) is 52.1. The smallest absolute Gasteiger partial charge is 0.0159 e. The van der Waals surface area contributed by atoms with Gasteiger partial charge in [0.1, 0.15) is 0 Å². The van der Waals surface area contributed by atoms with Crippen LogP contribution in [0, 0.1) is 5.92 Å². The van der Waals surface area contributed by atoms with Crippen molar-refractivity contribution in [3.8, 4) is 111 Å². The Hall–Kier alpha value is -11.4. The molecule has 0 aliphatic heterocycles. The average Bonchev–Trinajstić information content (AvgIpc) is 0.742. The molecule has 0 spiro atoms. The minimum absolute atomic E-state index is 0.0879. The van der Waals surface area contributed by atoms with E-state index in [0.717, 1.165) is 0 Å². The molecule has 0 aromatic heterocycles. The summed E-state index contributed by atoms with van der Waals surface area (Å²) in [5, 5.41) is 7.49. The van der Waals surface area contributed by atoms with E-state index in [0.29, 0.717) is 0 Å². The van der Waals surface area contributed by atoms with Gasteiger partial charge in [-0.15, -0.1) is 0 Å². The van der Waals surface area contributed by atoms with E-state index < -0.39 is 0 Å². The molecule has 15 aromatic rings. The van der Waals surface area contributed by atoms with Gasteiger partial charge < -0.3 is 0 Å². The molecule has 7 aliphatic carbocycles. The van der Waals surface area contributed by atoms with Gasteiger partial charge in [0.15, 0.2) is 0 Å². The molecule has 0 bridgehead atoms. The number of rotatable bonds is 6. The van der Waals surface area contributed by atoms with Crippen molar-refractivity contribution < 1.29 is 0 Å². The van der Waals surface area contributed by atoms with Crippen LogP contribution < -0.4 is 0 Å². The molecule has 0 saturated heterocycles. The van der Waals surface area contributed by atoms with Crippen molar-refractivity contribution in [2.45, 2.75) is 121 Å². The third-order valence-corrected chi connectivity index (χ3v) is 28.2. The van der Waals surface area contributed by atoms with Gasteiger partial charge in [-0.2, -0.15) is 0 Å². The number of allylic oxidation sites excluding steroid dienone is 4. The lowest BCUT2D eigenvalue weighted by Crippen LogP contribution is -2.25. The first-order valence-electron chi connectivity index (χ1n) is 39.4. The Bertz CT molecular complexity index is 6530. The van der Waals surface area contributed by atoms with E-state index in [1.807, 2.05) is 0 Å². The Balaban J connectivity index is 0.886. The van der Waals surface area contributed by atoms with Crippen LogP contribution in [0.4, 0.5) is 0 Å². The highest BCUT2D eigenvalue weighted by Gasteiger charge is 2.46. The summed E-state index contributed by atoms with van der Waals surface area (Å²) >= 11 is 0. The molecule has 2 atom stereocenters. The summed E-state index contributed by atoms with van der Waals surface area (Å²) in [5.41, 5.74) is 43.8. The van der Waals surface area contributed by atoms with E-state index in [4.69, 9.17) is 0 Å². The zero-order valence-corrected chi connectivity index (χ0v) is 63.9. The van der Waals surface area contributed by atoms with E-state index in [1.165, 1.54) is 221 Å². The van der Waals surface area contributed by atoms with Crippen molar-refractivity contribution in [3.05, 3.63) is 364 Å². The van der Waals surface area contributed by atoms with Crippen LogP contribution >= 0.6 is 0 Å². The van der Waals surface area contributed by atoms with Gasteiger partial charge in [-0.05, 0) is 300 Å². The van der Waals surface area contributed by atoms with Crippen LogP contribution in [0.5, 0.6) is 0 Å². The molecule has 0 N–H and O–H groups in total. The molecule has 7 aliphatic rings. The molecule has 0 heterocycles. The maximum atomic E-state index is 2.68. The quantitative estimate of drug-likeness (QED) is 0.146. The fourth-order valence-electron chi connectivity index (χ4n) is 22.3. The van der Waals surface area contributed by atoms with Gasteiger partial charge >= 0.3 is 0 Å². The Labute approximate surface area is 635 Å². The lowest BCUT2D eigenvalue weighted by molar-refractivity contribution is 0.395. The van der Waals surface area contributed by atoms with E-state index in [9.17, 15) is 0 Å². The molecule has 0 saturated carbocycles. The minimum atomic E-state index is -0.205. The topological polar surface area (TPSA) is 0 Å². The Morgan fingerprint density at radius 1 is 0.204 bits per heavy atom. The lowest BCUT2D eigenvalue weighted by Gasteiger charge is -2.31. The summed E-state index contributed by atoms with van der Waals surface area (Å²) in [6.45, 7) is 29.3. The van der Waals surface area contributed by atoms with Crippen molar-refractivity contribution in [3.63, 3.8) is 0 Å². The zero-order chi connectivity index (χ0) is 73.2. The third-order valence-electron chi connectivity index (χ3n) is 28.2. The summed E-state index contributed by atoms with van der Waals surface area (Å²) in [4.78, 5) is 0. The highest BCUT2D eigenvalue weighted by Crippen LogP contribution is 2.60. The molecule has 2 unspecified atom stereocenters. The second kappa shape index (κ2) is 21.7.